The molecule has 1 atom stereocenters. The van der Waals surface area contributed by atoms with Crippen molar-refractivity contribution in [3.8, 4) is 0 Å². The standard InChI is InChI=1S/C7H10O2/c1-4-6(3)7(8)9-5-2/h4-6H,1-2H2,3H3. The van der Waals surface area contributed by atoms with Crippen LogP contribution < -0.4 is 0 Å². The largest absolute Gasteiger partial charge is 0.435 e. The molecule has 2 nitrogen and oxygen atoms in total. The molecule has 50 valence electrons. The van der Waals surface area contributed by atoms with Crippen LogP contribution in [0, 0.1) is 5.92 Å². The monoisotopic (exact) mass is 126 g/mol. The third kappa shape index (κ3) is 2.69. The highest BCUT2D eigenvalue weighted by atomic mass is 16.5. The van der Waals surface area contributed by atoms with Gasteiger partial charge in [0.2, 0.25) is 0 Å². The Kier molecular flexibility index (Phi) is 3.44. The summed E-state index contributed by atoms with van der Waals surface area (Å²) in [6, 6.07) is 0. The Labute approximate surface area is 54.8 Å². The number of rotatable bonds is 3. The lowest BCUT2D eigenvalue weighted by molar-refractivity contribution is -0.140. The van der Waals surface area contributed by atoms with Crippen LogP contribution in [0.25, 0.3) is 0 Å². The van der Waals surface area contributed by atoms with Gasteiger partial charge in [-0.1, -0.05) is 12.7 Å². The first kappa shape index (κ1) is 7.95. The molecule has 0 spiro atoms. The highest BCUT2D eigenvalue weighted by Gasteiger charge is 2.07. The number of carbonyl (C=O) groups is 1. The zero-order valence-electron chi connectivity index (χ0n) is 5.46. The molecule has 0 aromatic rings. The van der Waals surface area contributed by atoms with Gasteiger partial charge in [-0.05, 0) is 6.92 Å². The summed E-state index contributed by atoms with van der Waals surface area (Å²) >= 11 is 0. The van der Waals surface area contributed by atoms with Gasteiger partial charge in [0.05, 0.1) is 12.2 Å². The van der Waals surface area contributed by atoms with Crippen LogP contribution in [0.1, 0.15) is 6.92 Å². The molecule has 0 aliphatic rings. The Balaban J connectivity index is 3.71. The van der Waals surface area contributed by atoms with Crippen molar-refractivity contribution in [2.45, 2.75) is 6.92 Å². The van der Waals surface area contributed by atoms with Crippen molar-refractivity contribution < 1.29 is 9.53 Å². The molecule has 0 aromatic carbocycles. The second kappa shape index (κ2) is 3.89. The van der Waals surface area contributed by atoms with Crippen molar-refractivity contribution in [1.29, 1.82) is 0 Å². The lowest BCUT2D eigenvalue weighted by Crippen LogP contribution is -2.08. The van der Waals surface area contributed by atoms with Gasteiger partial charge in [-0.3, -0.25) is 4.79 Å². The van der Waals surface area contributed by atoms with Crippen molar-refractivity contribution in [3.63, 3.8) is 0 Å². The van der Waals surface area contributed by atoms with Crippen LogP contribution in [0.2, 0.25) is 0 Å². The second-order valence-electron chi connectivity index (χ2n) is 1.63. The molecule has 0 aliphatic heterocycles. The molecule has 0 heterocycles. The Bertz CT molecular complexity index is 127. The summed E-state index contributed by atoms with van der Waals surface area (Å²) in [6.45, 7) is 8.38. The molecule has 0 fully saturated rings. The molecule has 0 radical (unpaired) electrons. The Morgan fingerprint density at radius 3 is 2.56 bits per heavy atom. The molecule has 9 heavy (non-hydrogen) atoms. The van der Waals surface area contributed by atoms with Gasteiger partial charge in [0.1, 0.15) is 0 Å². The predicted octanol–water partition coefficient (Wildman–Crippen LogP) is 1.50. The predicted molar refractivity (Wildman–Crippen MR) is 35.6 cm³/mol. The molecule has 0 amide bonds. The molecular weight excluding hydrogens is 116 g/mol. The third-order valence-corrected chi connectivity index (χ3v) is 0.925. The summed E-state index contributed by atoms with van der Waals surface area (Å²) in [5, 5.41) is 0. The normalized spacial score (nSPS) is 11.7. The van der Waals surface area contributed by atoms with Gasteiger partial charge in [-0.15, -0.1) is 6.58 Å². The highest BCUT2D eigenvalue weighted by molar-refractivity contribution is 5.74. The van der Waals surface area contributed by atoms with Crippen molar-refractivity contribution >= 4 is 5.97 Å². The number of hydrogen-bond acceptors (Lipinski definition) is 2. The number of hydrogen-bond donors (Lipinski definition) is 0. The summed E-state index contributed by atoms with van der Waals surface area (Å²) in [7, 11) is 0. The molecule has 2 heteroatoms. The molecule has 0 aliphatic carbocycles. The Morgan fingerprint density at radius 1 is 1.67 bits per heavy atom. The number of esters is 1. The van der Waals surface area contributed by atoms with E-state index in [1.54, 1.807) is 6.92 Å². The minimum atomic E-state index is -0.319. The fourth-order valence-corrected chi connectivity index (χ4v) is 0.286. The molecule has 0 saturated carbocycles. The van der Waals surface area contributed by atoms with E-state index in [2.05, 4.69) is 17.9 Å². The molecule has 0 rings (SSSR count). The van der Waals surface area contributed by atoms with Crippen molar-refractivity contribution in [1.82, 2.24) is 0 Å². The molecule has 0 N–H and O–H groups in total. The topological polar surface area (TPSA) is 26.3 Å². The van der Waals surface area contributed by atoms with Crippen molar-refractivity contribution in [2.24, 2.45) is 5.92 Å². The molecule has 0 bridgehead atoms. The first-order chi connectivity index (χ1) is 4.22. The van der Waals surface area contributed by atoms with E-state index in [9.17, 15) is 4.79 Å². The first-order valence-corrected chi connectivity index (χ1v) is 2.66. The van der Waals surface area contributed by atoms with E-state index < -0.39 is 0 Å². The lowest BCUT2D eigenvalue weighted by atomic mass is 10.2. The van der Waals surface area contributed by atoms with E-state index in [0.29, 0.717) is 0 Å². The zero-order chi connectivity index (χ0) is 7.28. The highest BCUT2D eigenvalue weighted by Crippen LogP contribution is 1.97. The maximum Gasteiger partial charge on any atom is 0.317 e. The fraction of sp³-hybridized carbons (Fsp3) is 0.286. The van der Waals surface area contributed by atoms with E-state index in [4.69, 9.17) is 0 Å². The van der Waals surface area contributed by atoms with Crippen LogP contribution in [0.15, 0.2) is 25.5 Å². The molecular formula is C7H10O2. The zero-order valence-corrected chi connectivity index (χ0v) is 5.46. The van der Waals surface area contributed by atoms with Crippen LogP contribution in [0.4, 0.5) is 0 Å². The minimum Gasteiger partial charge on any atom is -0.435 e. The van der Waals surface area contributed by atoms with Gasteiger partial charge in [0.25, 0.3) is 0 Å². The van der Waals surface area contributed by atoms with E-state index in [1.807, 2.05) is 0 Å². The number of carbonyl (C=O) groups excluding carboxylic acids is 1. The van der Waals surface area contributed by atoms with Gasteiger partial charge < -0.3 is 4.74 Å². The average Bonchev–Trinajstić information content (AvgIpc) is 1.87. The van der Waals surface area contributed by atoms with E-state index >= 15 is 0 Å². The van der Waals surface area contributed by atoms with Gasteiger partial charge in [-0.2, -0.15) is 0 Å². The van der Waals surface area contributed by atoms with Crippen molar-refractivity contribution in [2.75, 3.05) is 0 Å². The summed E-state index contributed by atoms with van der Waals surface area (Å²) in [6.07, 6.45) is 2.63. The molecule has 0 aromatic heterocycles. The third-order valence-electron chi connectivity index (χ3n) is 0.925. The summed E-state index contributed by atoms with van der Waals surface area (Å²) in [5.74, 6) is -0.567. The van der Waals surface area contributed by atoms with Gasteiger partial charge in [0, 0.05) is 0 Å². The summed E-state index contributed by atoms with van der Waals surface area (Å²) < 4.78 is 4.45. The number of ether oxygens (including phenoxy) is 1. The maximum absolute atomic E-state index is 10.6. The quantitative estimate of drug-likeness (QED) is 0.325. The van der Waals surface area contributed by atoms with Gasteiger partial charge in [-0.25, -0.2) is 0 Å². The fourth-order valence-electron chi connectivity index (χ4n) is 0.286. The van der Waals surface area contributed by atoms with Crippen LogP contribution in [0.3, 0.4) is 0 Å². The van der Waals surface area contributed by atoms with Crippen LogP contribution in [-0.4, -0.2) is 5.97 Å². The van der Waals surface area contributed by atoms with E-state index in [0.717, 1.165) is 6.26 Å². The second-order valence-corrected chi connectivity index (χ2v) is 1.63. The average molecular weight is 126 g/mol. The smallest absolute Gasteiger partial charge is 0.317 e. The van der Waals surface area contributed by atoms with Crippen LogP contribution >= 0.6 is 0 Å². The van der Waals surface area contributed by atoms with E-state index in [-0.39, 0.29) is 11.9 Å². The van der Waals surface area contributed by atoms with E-state index in [1.165, 1.54) is 6.08 Å². The molecule has 1 unspecified atom stereocenters. The summed E-state index contributed by atoms with van der Waals surface area (Å²) in [4.78, 5) is 10.6. The van der Waals surface area contributed by atoms with Gasteiger partial charge in [0.15, 0.2) is 0 Å². The lowest BCUT2D eigenvalue weighted by Gasteiger charge is -2.00. The Hall–Kier alpha value is -1.05. The van der Waals surface area contributed by atoms with Crippen LogP contribution in [-0.2, 0) is 9.53 Å². The Morgan fingerprint density at radius 2 is 2.22 bits per heavy atom. The van der Waals surface area contributed by atoms with Crippen molar-refractivity contribution in [3.05, 3.63) is 25.5 Å². The maximum atomic E-state index is 10.6. The first-order valence-electron chi connectivity index (χ1n) is 2.66. The minimum absolute atomic E-state index is 0.247. The molecule has 0 saturated heterocycles. The SMILES string of the molecule is C=COC(=O)C(C)C=C. The van der Waals surface area contributed by atoms with Gasteiger partial charge >= 0.3 is 5.97 Å². The summed E-state index contributed by atoms with van der Waals surface area (Å²) in [5.41, 5.74) is 0. The van der Waals surface area contributed by atoms with Crippen LogP contribution in [0.5, 0.6) is 0 Å².